The van der Waals surface area contributed by atoms with Gasteiger partial charge >= 0.3 is 6.18 Å². The second-order valence-electron chi connectivity index (χ2n) is 6.34. The van der Waals surface area contributed by atoms with Gasteiger partial charge in [0.1, 0.15) is 0 Å². The lowest BCUT2D eigenvalue weighted by Crippen LogP contribution is -2.14. The summed E-state index contributed by atoms with van der Waals surface area (Å²) >= 11 is 0. The summed E-state index contributed by atoms with van der Waals surface area (Å²) in [6.07, 6.45) is -1.31. The van der Waals surface area contributed by atoms with E-state index in [-0.39, 0.29) is 37.0 Å². The van der Waals surface area contributed by atoms with Crippen molar-refractivity contribution in [3.8, 4) is 0 Å². The van der Waals surface area contributed by atoms with Crippen LogP contribution < -0.4 is 11.1 Å². The van der Waals surface area contributed by atoms with Crippen LogP contribution in [-0.4, -0.2) is 16.0 Å². The Balaban J connectivity index is 0.00000261. The molecule has 0 saturated heterocycles. The molecular weight excluding hydrogens is 385 g/mol. The maximum Gasteiger partial charge on any atom is 0.416 e. The van der Waals surface area contributed by atoms with Crippen LogP contribution in [0, 0.1) is 0 Å². The van der Waals surface area contributed by atoms with E-state index in [0.29, 0.717) is 36.0 Å². The summed E-state index contributed by atoms with van der Waals surface area (Å²) in [5, 5.41) is 6.38. The van der Waals surface area contributed by atoms with Crippen molar-refractivity contribution >= 4 is 24.0 Å². The summed E-state index contributed by atoms with van der Waals surface area (Å²) < 4.78 is 43.8. The molecule has 6 nitrogen and oxygen atoms in total. The summed E-state index contributed by atoms with van der Waals surface area (Å²) in [5.41, 5.74) is 4.97. The minimum Gasteiger partial charge on any atom is -0.339 e. The van der Waals surface area contributed by atoms with Crippen LogP contribution in [0.4, 0.5) is 18.9 Å². The number of halogens is 4. The molecule has 1 heterocycles. The summed E-state index contributed by atoms with van der Waals surface area (Å²) in [5.74, 6) is 1.20. The number of nitrogens with two attached hydrogens (primary N) is 1. The SMILES string of the molecule is Cl.NCc1cc(NC(=O)CCCc2nc(C3CC3)no2)cc(C(F)(F)F)c1. The van der Waals surface area contributed by atoms with Crippen molar-refractivity contribution in [2.75, 3.05) is 5.32 Å². The number of carbonyl (C=O) groups excluding carboxylic acids is 1. The van der Waals surface area contributed by atoms with Crippen molar-refractivity contribution in [2.45, 2.75) is 50.7 Å². The summed E-state index contributed by atoms with van der Waals surface area (Å²) in [6, 6.07) is 3.31. The molecule has 0 bridgehead atoms. The number of nitrogens with zero attached hydrogens (tertiary/aromatic N) is 2. The standard InChI is InChI=1S/C17H19F3N4O2.ClH/c18-17(19,20)12-6-10(9-21)7-13(8-12)22-14(25)2-1-3-15-23-16(24-26-15)11-4-5-11;/h6-8,11H,1-5,9,21H2,(H,22,25);1H. The Morgan fingerprint density at radius 2 is 2.04 bits per heavy atom. The second-order valence-corrected chi connectivity index (χ2v) is 6.34. The molecule has 3 N–H and O–H groups in total. The highest BCUT2D eigenvalue weighted by Gasteiger charge is 2.31. The number of hydrogen-bond acceptors (Lipinski definition) is 5. The number of amides is 1. The molecule has 1 fully saturated rings. The Morgan fingerprint density at radius 3 is 2.67 bits per heavy atom. The van der Waals surface area contributed by atoms with Crippen LogP contribution in [0.15, 0.2) is 22.7 Å². The molecular formula is C17H20ClF3N4O2. The first-order valence-corrected chi connectivity index (χ1v) is 8.38. The van der Waals surface area contributed by atoms with E-state index >= 15 is 0 Å². The average molecular weight is 405 g/mol. The zero-order chi connectivity index (χ0) is 18.7. The van der Waals surface area contributed by atoms with Crippen molar-refractivity contribution in [3.05, 3.63) is 41.0 Å². The minimum absolute atomic E-state index is 0. The maximum absolute atomic E-state index is 12.9. The Bertz CT molecular complexity index is 791. The highest BCUT2D eigenvalue weighted by Crippen LogP contribution is 2.38. The van der Waals surface area contributed by atoms with E-state index in [0.717, 1.165) is 25.0 Å². The van der Waals surface area contributed by atoms with Gasteiger partial charge in [0.15, 0.2) is 5.82 Å². The van der Waals surface area contributed by atoms with Gasteiger partial charge in [-0.1, -0.05) is 5.16 Å². The first kappa shape index (κ1) is 21.2. The highest BCUT2D eigenvalue weighted by atomic mass is 35.5. The van der Waals surface area contributed by atoms with E-state index in [1.165, 1.54) is 6.07 Å². The van der Waals surface area contributed by atoms with Crippen LogP contribution in [0.25, 0.3) is 0 Å². The van der Waals surface area contributed by atoms with Crippen LogP contribution in [0.5, 0.6) is 0 Å². The molecule has 3 rings (SSSR count). The molecule has 1 aliphatic rings. The molecule has 1 aromatic heterocycles. The predicted molar refractivity (Wildman–Crippen MR) is 94.4 cm³/mol. The lowest BCUT2D eigenvalue weighted by atomic mass is 10.1. The number of alkyl halides is 3. The number of rotatable bonds is 7. The fraction of sp³-hybridized carbons (Fsp3) is 0.471. The van der Waals surface area contributed by atoms with Gasteiger partial charge in [-0.3, -0.25) is 4.79 Å². The van der Waals surface area contributed by atoms with E-state index < -0.39 is 11.7 Å². The third-order valence-corrected chi connectivity index (χ3v) is 4.06. The number of anilines is 1. The fourth-order valence-corrected chi connectivity index (χ4v) is 2.55. The fourth-order valence-electron chi connectivity index (χ4n) is 2.55. The Morgan fingerprint density at radius 1 is 1.30 bits per heavy atom. The van der Waals surface area contributed by atoms with Crippen molar-refractivity contribution in [3.63, 3.8) is 0 Å². The van der Waals surface area contributed by atoms with Crippen LogP contribution in [0.1, 0.15) is 54.4 Å². The molecule has 0 atom stereocenters. The Kier molecular flexibility index (Phi) is 6.83. The lowest BCUT2D eigenvalue weighted by Gasteiger charge is -2.12. The summed E-state index contributed by atoms with van der Waals surface area (Å²) in [4.78, 5) is 16.3. The van der Waals surface area contributed by atoms with E-state index in [2.05, 4.69) is 15.5 Å². The average Bonchev–Trinajstić information content (AvgIpc) is 3.33. The normalized spacial score (nSPS) is 13.9. The molecule has 0 radical (unpaired) electrons. The number of nitrogens with one attached hydrogen (secondary N) is 1. The van der Waals surface area contributed by atoms with Gasteiger partial charge in [-0.25, -0.2) is 0 Å². The van der Waals surface area contributed by atoms with Gasteiger partial charge in [-0.2, -0.15) is 18.2 Å². The van der Waals surface area contributed by atoms with Crippen LogP contribution in [-0.2, 0) is 23.9 Å². The quantitative estimate of drug-likeness (QED) is 0.731. The van der Waals surface area contributed by atoms with Gasteiger partial charge in [0.05, 0.1) is 5.56 Å². The van der Waals surface area contributed by atoms with E-state index in [4.69, 9.17) is 10.3 Å². The van der Waals surface area contributed by atoms with Gasteiger partial charge in [0.2, 0.25) is 11.8 Å². The smallest absolute Gasteiger partial charge is 0.339 e. The van der Waals surface area contributed by atoms with Crippen LogP contribution in [0.3, 0.4) is 0 Å². The predicted octanol–water partition coefficient (Wildman–Crippen LogP) is 3.81. The monoisotopic (exact) mass is 404 g/mol. The Hall–Kier alpha value is -2.13. The number of hydrogen-bond donors (Lipinski definition) is 2. The minimum atomic E-state index is -4.50. The first-order valence-electron chi connectivity index (χ1n) is 8.38. The molecule has 0 aliphatic heterocycles. The second kappa shape index (κ2) is 8.71. The molecule has 0 spiro atoms. The molecule has 0 unspecified atom stereocenters. The molecule has 1 amide bonds. The number of benzene rings is 1. The molecule has 2 aromatic rings. The van der Waals surface area contributed by atoms with Crippen molar-refractivity contribution in [2.24, 2.45) is 5.73 Å². The van der Waals surface area contributed by atoms with Gasteiger partial charge in [-0.15, -0.1) is 12.4 Å². The van der Waals surface area contributed by atoms with E-state index in [1.807, 2.05) is 0 Å². The van der Waals surface area contributed by atoms with Gasteiger partial charge in [0.25, 0.3) is 0 Å². The van der Waals surface area contributed by atoms with Gasteiger partial charge < -0.3 is 15.6 Å². The van der Waals surface area contributed by atoms with Crippen molar-refractivity contribution in [1.82, 2.24) is 10.1 Å². The number of aryl methyl sites for hydroxylation is 1. The third kappa shape index (κ3) is 5.93. The zero-order valence-corrected chi connectivity index (χ0v) is 15.2. The van der Waals surface area contributed by atoms with Crippen molar-refractivity contribution < 1.29 is 22.5 Å². The number of carbonyl (C=O) groups is 1. The van der Waals surface area contributed by atoms with Gasteiger partial charge in [0, 0.05) is 31.0 Å². The van der Waals surface area contributed by atoms with Crippen LogP contribution >= 0.6 is 12.4 Å². The molecule has 1 saturated carbocycles. The van der Waals surface area contributed by atoms with Gasteiger partial charge in [-0.05, 0) is 43.0 Å². The first-order chi connectivity index (χ1) is 12.3. The lowest BCUT2D eigenvalue weighted by molar-refractivity contribution is -0.137. The third-order valence-electron chi connectivity index (χ3n) is 4.06. The summed E-state index contributed by atoms with van der Waals surface area (Å²) in [6.45, 7) is -0.0483. The van der Waals surface area contributed by atoms with Crippen molar-refractivity contribution in [1.29, 1.82) is 0 Å². The summed E-state index contributed by atoms with van der Waals surface area (Å²) in [7, 11) is 0. The molecule has 1 aromatic carbocycles. The number of aromatic nitrogens is 2. The maximum atomic E-state index is 12.9. The topological polar surface area (TPSA) is 94.0 Å². The Labute approximate surface area is 160 Å². The molecule has 10 heteroatoms. The van der Waals surface area contributed by atoms with E-state index in [9.17, 15) is 18.0 Å². The molecule has 148 valence electrons. The highest BCUT2D eigenvalue weighted by molar-refractivity contribution is 5.90. The zero-order valence-electron chi connectivity index (χ0n) is 14.4. The van der Waals surface area contributed by atoms with Crippen LogP contribution in [0.2, 0.25) is 0 Å². The van der Waals surface area contributed by atoms with E-state index in [1.54, 1.807) is 0 Å². The molecule has 1 aliphatic carbocycles. The largest absolute Gasteiger partial charge is 0.416 e. The molecule has 27 heavy (non-hydrogen) atoms.